The first kappa shape index (κ1) is 10.9. The quantitative estimate of drug-likeness (QED) is 0.857. The molecule has 2 rings (SSSR count). The highest BCUT2D eigenvalue weighted by Gasteiger charge is 2.64. The number of ether oxygens (including phenoxy) is 1. The molecule has 0 amide bonds. The van der Waals surface area contributed by atoms with Crippen LogP contribution in [0.3, 0.4) is 0 Å². The maximum atomic E-state index is 12.6. The standard InChI is InChI=1S/C12H13FO3/c1-12(2)9(11(14)15)10(12)16-8-5-3-7(13)4-6-8/h3-6,9-10H,1-2H3,(H,14,15). The molecule has 86 valence electrons. The van der Waals surface area contributed by atoms with Crippen LogP contribution in [0.25, 0.3) is 0 Å². The molecule has 1 saturated carbocycles. The van der Waals surface area contributed by atoms with Crippen molar-refractivity contribution in [2.24, 2.45) is 11.3 Å². The molecule has 1 aliphatic carbocycles. The van der Waals surface area contributed by atoms with Gasteiger partial charge in [0.1, 0.15) is 23.6 Å². The molecule has 1 aromatic rings. The second-order valence-electron chi connectivity index (χ2n) is 4.63. The number of hydrogen-bond donors (Lipinski definition) is 1. The Morgan fingerprint density at radius 1 is 1.38 bits per heavy atom. The van der Waals surface area contributed by atoms with E-state index >= 15 is 0 Å². The number of aliphatic carboxylic acids is 1. The Morgan fingerprint density at radius 3 is 2.38 bits per heavy atom. The molecule has 2 atom stereocenters. The van der Waals surface area contributed by atoms with Crippen LogP contribution in [0.2, 0.25) is 0 Å². The minimum Gasteiger partial charge on any atom is -0.489 e. The molecule has 16 heavy (non-hydrogen) atoms. The summed E-state index contributed by atoms with van der Waals surface area (Å²) < 4.78 is 18.2. The molecular weight excluding hydrogens is 211 g/mol. The maximum absolute atomic E-state index is 12.6. The first-order valence-electron chi connectivity index (χ1n) is 5.08. The van der Waals surface area contributed by atoms with Crippen molar-refractivity contribution in [1.29, 1.82) is 0 Å². The van der Waals surface area contributed by atoms with E-state index in [0.29, 0.717) is 5.75 Å². The van der Waals surface area contributed by atoms with Gasteiger partial charge in [-0.05, 0) is 24.3 Å². The van der Waals surface area contributed by atoms with Crippen molar-refractivity contribution in [3.8, 4) is 5.75 Å². The molecule has 2 unspecified atom stereocenters. The van der Waals surface area contributed by atoms with Gasteiger partial charge in [0.15, 0.2) is 0 Å². The summed E-state index contributed by atoms with van der Waals surface area (Å²) in [6.45, 7) is 3.69. The van der Waals surface area contributed by atoms with E-state index < -0.39 is 11.9 Å². The third kappa shape index (κ3) is 1.75. The number of hydrogen-bond acceptors (Lipinski definition) is 2. The Labute approximate surface area is 92.9 Å². The predicted molar refractivity (Wildman–Crippen MR) is 55.7 cm³/mol. The molecule has 3 nitrogen and oxygen atoms in total. The lowest BCUT2D eigenvalue weighted by atomic mass is 10.1. The van der Waals surface area contributed by atoms with Crippen LogP contribution < -0.4 is 4.74 Å². The zero-order valence-corrected chi connectivity index (χ0v) is 9.11. The summed E-state index contributed by atoms with van der Waals surface area (Å²) in [4.78, 5) is 10.9. The highest BCUT2D eigenvalue weighted by Crippen LogP contribution is 2.54. The summed E-state index contributed by atoms with van der Waals surface area (Å²) in [6, 6.07) is 5.59. The van der Waals surface area contributed by atoms with Crippen LogP contribution in [0, 0.1) is 17.2 Å². The summed E-state index contributed by atoms with van der Waals surface area (Å²) in [5.41, 5.74) is -0.361. The van der Waals surface area contributed by atoms with E-state index in [1.54, 1.807) is 0 Å². The zero-order valence-electron chi connectivity index (χ0n) is 9.11. The smallest absolute Gasteiger partial charge is 0.310 e. The van der Waals surface area contributed by atoms with Gasteiger partial charge < -0.3 is 9.84 Å². The summed E-state index contributed by atoms with van der Waals surface area (Å²) in [6.07, 6.45) is -0.338. The van der Waals surface area contributed by atoms with Crippen molar-refractivity contribution in [3.05, 3.63) is 30.1 Å². The lowest BCUT2D eigenvalue weighted by molar-refractivity contribution is -0.139. The van der Waals surface area contributed by atoms with Crippen LogP contribution in [0.4, 0.5) is 4.39 Å². The van der Waals surface area contributed by atoms with Crippen LogP contribution >= 0.6 is 0 Å². The maximum Gasteiger partial charge on any atom is 0.310 e. The fraction of sp³-hybridized carbons (Fsp3) is 0.417. The number of carboxylic acid groups (broad SMARTS) is 1. The molecule has 1 N–H and O–H groups in total. The molecule has 0 heterocycles. The van der Waals surface area contributed by atoms with Crippen LogP contribution in [0.5, 0.6) is 5.75 Å². The van der Waals surface area contributed by atoms with Crippen molar-refractivity contribution in [2.75, 3.05) is 0 Å². The molecule has 0 radical (unpaired) electrons. The molecule has 4 heteroatoms. The molecule has 0 saturated heterocycles. The van der Waals surface area contributed by atoms with Gasteiger partial charge in [-0.2, -0.15) is 0 Å². The van der Waals surface area contributed by atoms with Crippen LogP contribution in [0.1, 0.15) is 13.8 Å². The SMILES string of the molecule is CC1(C)C(Oc2ccc(F)cc2)C1C(=O)O. The number of rotatable bonds is 3. The Balaban J connectivity index is 2.07. The molecule has 1 fully saturated rings. The minimum atomic E-state index is -0.850. The van der Waals surface area contributed by atoms with E-state index in [0.717, 1.165) is 0 Å². The molecule has 0 aliphatic heterocycles. The van der Waals surface area contributed by atoms with Crippen LogP contribution in [-0.2, 0) is 4.79 Å². The fourth-order valence-corrected chi connectivity index (χ4v) is 1.92. The lowest BCUT2D eigenvalue weighted by Gasteiger charge is -2.06. The largest absolute Gasteiger partial charge is 0.489 e. The molecule has 1 aromatic carbocycles. The second kappa shape index (κ2) is 3.47. The summed E-state index contributed by atoms with van der Waals surface area (Å²) in [7, 11) is 0. The number of benzene rings is 1. The lowest BCUT2D eigenvalue weighted by Crippen LogP contribution is -2.07. The summed E-state index contributed by atoms with van der Waals surface area (Å²) in [5, 5.41) is 8.94. The van der Waals surface area contributed by atoms with E-state index in [1.807, 2.05) is 13.8 Å². The van der Waals surface area contributed by atoms with E-state index in [1.165, 1.54) is 24.3 Å². The van der Waals surface area contributed by atoms with Gasteiger partial charge in [0.05, 0.1) is 0 Å². The van der Waals surface area contributed by atoms with Gasteiger partial charge in [0.25, 0.3) is 0 Å². The van der Waals surface area contributed by atoms with Gasteiger partial charge in [0.2, 0.25) is 0 Å². The fourth-order valence-electron chi connectivity index (χ4n) is 1.92. The van der Waals surface area contributed by atoms with Crippen molar-refractivity contribution in [1.82, 2.24) is 0 Å². The Hall–Kier alpha value is -1.58. The second-order valence-corrected chi connectivity index (χ2v) is 4.63. The molecule has 0 spiro atoms. The monoisotopic (exact) mass is 224 g/mol. The van der Waals surface area contributed by atoms with Gasteiger partial charge in [-0.1, -0.05) is 13.8 Å². The zero-order chi connectivity index (χ0) is 11.9. The Morgan fingerprint density at radius 2 is 1.94 bits per heavy atom. The van der Waals surface area contributed by atoms with E-state index in [4.69, 9.17) is 9.84 Å². The van der Waals surface area contributed by atoms with Gasteiger partial charge in [-0.15, -0.1) is 0 Å². The first-order chi connectivity index (χ1) is 7.43. The first-order valence-corrected chi connectivity index (χ1v) is 5.08. The topological polar surface area (TPSA) is 46.5 Å². The molecule has 0 aromatic heterocycles. The van der Waals surface area contributed by atoms with Crippen LogP contribution in [-0.4, -0.2) is 17.2 Å². The average molecular weight is 224 g/mol. The van der Waals surface area contributed by atoms with Crippen molar-refractivity contribution in [3.63, 3.8) is 0 Å². The Kier molecular flexibility index (Phi) is 2.37. The van der Waals surface area contributed by atoms with Gasteiger partial charge in [0, 0.05) is 5.41 Å². The van der Waals surface area contributed by atoms with Crippen molar-refractivity contribution >= 4 is 5.97 Å². The van der Waals surface area contributed by atoms with E-state index in [9.17, 15) is 9.18 Å². The highest BCUT2D eigenvalue weighted by atomic mass is 19.1. The molecular formula is C12H13FO3. The van der Waals surface area contributed by atoms with Crippen LogP contribution in [0.15, 0.2) is 24.3 Å². The Bertz CT molecular complexity index is 411. The van der Waals surface area contributed by atoms with Crippen molar-refractivity contribution < 1.29 is 19.0 Å². The third-order valence-electron chi connectivity index (χ3n) is 3.07. The summed E-state index contributed by atoms with van der Waals surface area (Å²) in [5.74, 6) is -1.17. The van der Waals surface area contributed by atoms with Gasteiger partial charge >= 0.3 is 5.97 Å². The highest BCUT2D eigenvalue weighted by molar-refractivity contribution is 5.76. The van der Waals surface area contributed by atoms with Gasteiger partial charge in [-0.3, -0.25) is 4.79 Å². The van der Waals surface area contributed by atoms with Crippen molar-refractivity contribution in [2.45, 2.75) is 20.0 Å². The normalized spacial score (nSPS) is 26.2. The van der Waals surface area contributed by atoms with E-state index in [2.05, 4.69) is 0 Å². The third-order valence-corrected chi connectivity index (χ3v) is 3.07. The van der Waals surface area contributed by atoms with E-state index in [-0.39, 0.29) is 17.3 Å². The predicted octanol–water partition coefficient (Wildman–Crippen LogP) is 2.31. The number of carbonyl (C=O) groups is 1. The average Bonchev–Trinajstić information content (AvgIpc) is 2.72. The minimum absolute atomic E-state index is 0.336. The van der Waals surface area contributed by atoms with Gasteiger partial charge in [-0.25, -0.2) is 4.39 Å². The number of carboxylic acids is 1. The number of halogens is 1. The molecule has 0 bridgehead atoms. The summed E-state index contributed by atoms with van der Waals surface area (Å²) >= 11 is 0. The molecule has 1 aliphatic rings.